The Morgan fingerprint density at radius 3 is 2.22 bits per heavy atom. The molecule has 3 rings (SSSR count). The van der Waals surface area contributed by atoms with Crippen molar-refractivity contribution in [3.05, 3.63) is 51.4 Å². The Morgan fingerprint density at radius 2 is 1.63 bits per heavy atom. The van der Waals surface area contributed by atoms with Crippen LogP contribution in [0.3, 0.4) is 0 Å². The second kappa shape index (κ2) is 7.85. The fraction of sp³-hybridized carbons (Fsp3) is 0.455. The van der Waals surface area contributed by atoms with E-state index in [2.05, 4.69) is 26.1 Å². The molecule has 0 bridgehead atoms. The van der Waals surface area contributed by atoms with E-state index in [0.717, 1.165) is 31.2 Å². The van der Waals surface area contributed by atoms with Crippen molar-refractivity contribution in [1.29, 1.82) is 0 Å². The lowest BCUT2D eigenvalue weighted by atomic mass is 9.87. The van der Waals surface area contributed by atoms with Crippen LogP contribution in [-0.4, -0.2) is 11.8 Å². The van der Waals surface area contributed by atoms with Crippen LogP contribution >= 0.6 is 11.3 Å². The van der Waals surface area contributed by atoms with Gasteiger partial charge in [0.25, 0.3) is 11.8 Å². The van der Waals surface area contributed by atoms with Gasteiger partial charge in [0, 0.05) is 10.4 Å². The largest absolute Gasteiger partial charge is 0.365 e. The molecule has 0 atom stereocenters. The molecule has 2 amide bonds. The Balaban J connectivity index is 1.87. The van der Waals surface area contributed by atoms with Gasteiger partial charge in [-0.3, -0.25) is 9.59 Å². The molecule has 144 valence electrons. The van der Waals surface area contributed by atoms with Crippen molar-refractivity contribution in [3.8, 4) is 0 Å². The third-order valence-electron chi connectivity index (χ3n) is 5.16. The van der Waals surface area contributed by atoms with Crippen LogP contribution in [0.2, 0.25) is 0 Å². The average Bonchev–Trinajstić information content (AvgIpc) is 2.90. The van der Waals surface area contributed by atoms with Crippen LogP contribution in [0, 0.1) is 0 Å². The van der Waals surface area contributed by atoms with Gasteiger partial charge in [0.1, 0.15) is 5.00 Å². The van der Waals surface area contributed by atoms with Gasteiger partial charge in [-0.2, -0.15) is 0 Å². The first-order chi connectivity index (χ1) is 12.8. The highest BCUT2D eigenvalue weighted by atomic mass is 32.1. The smallest absolute Gasteiger partial charge is 0.256 e. The molecule has 0 aliphatic heterocycles. The molecule has 0 spiro atoms. The maximum atomic E-state index is 12.7. The maximum Gasteiger partial charge on any atom is 0.256 e. The Labute approximate surface area is 165 Å². The normalized spacial score (nSPS) is 14.8. The summed E-state index contributed by atoms with van der Waals surface area (Å²) in [4.78, 5) is 26.0. The van der Waals surface area contributed by atoms with Gasteiger partial charge < -0.3 is 11.1 Å². The number of primary amides is 1. The van der Waals surface area contributed by atoms with Crippen LogP contribution in [0.1, 0.15) is 83.2 Å². The first-order valence-electron chi connectivity index (χ1n) is 9.63. The van der Waals surface area contributed by atoms with E-state index in [9.17, 15) is 9.59 Å². The monoisotopic (exact) mass is 384 g/mol. The number of rotatable bonds is 3. The zero-order chi connectivity index (χ0) is 19.6. The number of benzene rings is 1. The van der Waals surface area contributed by atoms with Gasteiger partial charge in [0.05, 0.1) is 5.56 Å². The number of anilines is 1. The van der Waals surface area contributed by atoms with Crippen LogP contribution in [0.5, 0.6) is 0 Å². The summed E-state index contributed by atoms with van der Waals surface area (Å²) in [7, 11) is 0. The number of nitrogens with two attached hydrogens (primary N) is 1. The average molecular weight is 385 g/mol. The molecule has 2 aromatic rings. The highest BCUT2D eigenvalue weighted by Crippen LogP contribution is 2.37. The lowest BCUT2D eigenvalue weighted by Gasteiger charge is -2.19. The molecule has 0 saturated carbocycles. The van der Waals surface area contributed by atoms with Gasteiger partial charge in [-0.05, 0) is 54.4 Å². The van der Waals surface area contributed by atoms with Gasteiger partial charge in [-0.25, -0.2) is 0 Å². The molecule has 4 nitrogen and oxygen atoms in total. The molecular formula is C22H28N2O2S. The minimum absolute atomic E-state index is 0.0397. The fourth-order valence-electron chi connectivity index (χ4n) is 3.57. The molecule has 1 aromatic carbocycles. The van der Waals surface area contributed by atoms with E-state index in [0.29, 0.717) is 16.1 Å². The van der Waals surface area contributed by atoms with E-state index in [1.54, 1.807) is 0 Å². The summed E-state index contributed by atoms with van der Waals surface area (Å²) in [6.07, 6.45) is 6.39. The molecule has 1 aliphatic carbocycles. The number of thiophene rings is 1. The Hall–Kier alpha value is -2.14. The number of amides is 2. The fourth-order valence-corrected chi connectivity index (χ4v) is 4.85. The molecule has 1 aliphatic rings. The van der Waals surface area contributed by atoms with Crippen molar-refractivity contribution < 1.29 is 9.59 Å². The number of nitrogens with one attached hydrogen (secondary N) is 1. The lowest BCUT2D eigenvalue weighted by molar-refractivity contribution is 0.100. The van der Waals surface area contributed by atoms with Gasteiger partial charge in [-0.15, -0.1) is 11.3 Å². The minimum Gasteiger partial charge on any atom is -0.365 e. The number of fused-ring (bicyclic) bond motifs is 1. The highest BCUT2D eigenvalue weighted by Gasteiger charge is 2.24. The number of carbonyl (C=O) groups excluding carboxylic acids is 2. The van der Waals surface area contributed by atoms with E-state index in [4.69, 9.17) is 5.73 Å². The highest BCUT2D eigenvalue weighted by molar-refractivity contribution is 7.17. The maximum absolute atomic E-state index is 12.7. The summed E-state index contributed by atoms with van der Waals surface area (Å²) < 4.78 is 0. The standard InChI is InChI=1S/C22H28N2O2S/c1-22(2,3)15-12-10-14(11-13-15)20(26)24-21-18(19(23)25)16-8-6-4-5-7-9-17(16)27-21/h10-13H,4-9H2,1-3H3,(H2,23,25)(H,24,26). The molecule has 27 heavy (non-hydrogen) atoms. The summed E-state index contributed by atoms with van der Waals surface area (Å²) in [6.45, 7) is 6.42. The Bertz CT molecular complexity index is 844. The van der Waals surface area contributed by atoms with Crippen LogP contribution in [0.25, 0.3) is 0 Å². The van der Waals surface area contributed by atoms with Gasteiger partial charge in [0.2, 0.25) is 0 Å². The van der Waals surface area contributed by atoms with Gasteiger partial charge in [0.15, 0.2) is 0 Å². The summed E-state index contributed by atoms with van der Waals surface area (Å²) >= 11 is 1.51. The van der Waals surface area contributed by atoms with E-state index in [1.165, 1.54) is 34.6 Å². The molecule has 1 heterocycles. The molecular weight excluding hydrogens is 356 g/mol. The van der Waals surface area contributed by atoms with Crippen molar-refractivity contribution >= 4 is 28.2 Å². The summed E-state index contributed by atoms with van der Waals surface area (Å²) in [6, 6.07) is 7.64. The van der Waals surface area contributed by atoms with E-state index < -0.39 is 5.91 Å². The second-order valence-corrected chi connectivity index (χ2v) is 9.37. The number of aryl methyl sites for hydroxylation is 1. The van der Waals surface area contributed by atoms with Crippen LogP contribution in [0.4, 0.5) is 5.00 Å². The van der Waals surface area contributed by atoms with Crippen LogP contribution in [-0.2, 0) is 18.3 Å². The topological polar surface area (TPSA) is 72.2 Å². The minimum atomic E-state index is -0.452. The van der Waals surface area contributed by atoms with Crippen molar-refractivity contribution in [1.82, 2.24) is 0 Å². The molecule has 0 fully saturated rings. The molecule has 3 N–H and O–H groups in total. The van der Waals surface area contributed by atoms with Crippen molar-refractivity contribution in [2.24, 2.45) is 5.73 Å². The van der Waals surface area contributed by atoms with E-state index in [-0.39, 0.29) is 11.3 Å². The molecule has 0 saturated heterocycles. The van der Waals surface area contributed by atoms with Crippen molar-refractivity contribution in [2.75, 3.05) is 5.32 Å². The van der Waals surface area contributed by atoms with Crippen LogP contribution < -0.4 is 11.1 Å². The number of hydrogen-bond donors (Lipinski definition) is 2. The Kier molecular flexibility index (Phi) is 5.70. The molecule has 0 radical (unpaired) electrons. The zero-order valence-corrected chi connectivity index (χ0v) is 17.2. The third kappa shape index (κ3) is 4.41. The summed E-state index contributed by atoms with van der Waals surface area (Å²) in [5, 5.41) is 3.54. The first kappa shape index (κ1) is 19.6. The molecule has 5 heteroatoms. The lowest BCUT2D eigenvalue weighted by Crippen LogP contribution is -2.18. The molecule has 1 aromatic heterocycles. The van der Waals surface area contributed by atoms with E-state index in [1.807, 2.05) is 24.3 Å². The zero-order valence-electron chi connectivity index (χ0n) is 16.4. The first-order valence-corrected chi connectivity index (χ1v) is 10.5. The second-order valence-electron chi connectivity index (χ2n) is 8.27. The summed E-state index contributed by atoms with van der Waals surface area (Å²) in [5.74, 6) is -0.654. The summed E-state index contributed by atoms with van der Waals surface area (Å²) in [5.41, 5.74) is 9.03. The van der Waals surface area contributed by atoms with Crippen LogP contribution in [0.15, 0.2) is 24.3 Å². The Morgan fingerprint density at radius 1 is 1.00 bits per heavy atom. The number of carbonyl (C=O) groups is 2. The van der Waals surface area contributed by atoms with Crippen molar-refractivity contribution in [2.45, 2.75) is 64.7 Å². The SMILES string of the molecule is CC(C)(C)c1ccc(C(=O)Nc2sc3c(c2C(N)=O)CCCCCC3)cc1. The molecule has 0 unspecified atom stereocenters. The van der Waals surface area contributed by atoms with Crippen molar-refractivity contribution in [3.63, 3.8) is 0 Å². The number of hydrogen-bond acceptors (Lipinski definition) is 3. The predicted molar refractivity (Wildman–Crippen MR) is 112 cm³/mol. The third-order valence-corrected chi connectivity index (χ3v) is 6.37. The predicted octanol–water partition coefficient (Wildman–Crippen LogP) is 5.06. The van der Waals surface area contributed by atoms with E-state index >= 15 is 0 Å². The van der Waals surface area contributed by atoms with Gasteiger partial charge in [-0.1, -0.05) is 45.7 Å². The quantitative estimate of drug-likeness (QED) is 0.777. The van der Waals surface area contributed by atoms with Gasteiger partial charge >= 0.3 is 0 Å².